The molecule has 3 amide bonds. The van der Waals surface area contributed by atoms with Gasteiger partial charge in [-0.3, -0.25) is 14.4 Å². The van der Waals surface area contributed by atoms with E-state index in [-0.39, 0.29) is 19.3 Å². The average molecular weight is 586 g/mol. The van der Waals surface area contributed by atoms with Crippen LogP contribution < -0.4 is 21.7 Å². The van der Waals surface area contributed by atoms with Crippen molar-refractivity contribution >= 4 is 34.6 Å². The average Bonchev–Trinajstić information content (AvgIpc) is 3.42. The molecule has 0 bridgehead atoms. The summed E-state index contributed by atoms with van der Waals surface area (Å²) in [5.74, 6) is -3.43. The number of fused-ring (bicyclic) bond motifs is 1. The second kappa shape index (κ2) is 14.8. The largest absolute Gasteiger partial charge is 0.480 e. The fourth-order valence-electron chi connectivity index (χ4n) is 4.76. The number of carbonyl (C=O) groups excluding carboxylic acids is 3. The van der Waals surface area contributed by atoms with Crippen LogP contribution in [0.3, 0.4) is 0 Å². The van der Waals surface area contributed by atoms with Crippen LogP contribution in [0.1, 0.15) is 16.7 Å². The lowest BCUT2D eigenvalue weighted by molar-refractivity contribution is -0.142. The van der Waals surface area contributed by atoms with Gasteiger partial charge in [-0.05, 0) is 29.2 Å². The second-order valence-electron chi connectivity index (χ2n) is 10.3. The zero-order valence-electron chi connectivity index (χ0n) is 23.4. The molecule has 0 saturated heterocycles. The van der Waals surface area contributed by atoms with E-state index in [0.29, 0.717) is 11.1 Å². The first-order valence-electron chi connectivity index (χ1n) is 13.9. The van der Waals surface area contributed by atoms with Crippen LogP contribution in [0.25, 0.3) is 10.9 Å². The number of hydrogen-bond donors (Lipinski definition) is 7. The summed E-state index contributed by atoms with van der Waals surface area (Å²) in [4.78, 5) is 54.6. The molecule has 4 atom stereocenters. The molecule has 1 heterocycles. The number of aliphatic hydroxyl groups excluding tert-OH is 1. The summed E-state index contributed by atoms with van der Waals surface area (Å²) in [6.07, 6.45) is 1.97. The fraction of sp³-hybridized carbons (Fsp3) is 0.250. The third kappa shape index (κ3) is 8.51. The zero-order valence-corrected chi connectivity index (χ0v) is 23.4. The number of aliphatic carboxylic acids is 1. The van der Waals surface area contributed by atoms with Crippen LogP contribution in [-0.4, -0.2) is 69.7 Å². The minimum absolute atomic E-state index is 0.00567. The molecule has 224 valence electrons. The molecule has 8 N–H and O–H groups in total. The van der Waals surface area contributed by atoms with Gasteiger partial charge in [-0.25, -0.2) is 4.79 Å². The molecule has 0 aliphatic rings. The molecule has 0 radical (unpaired) electrons. The fourth-order valence-corrected chi connectivity index (χ4v) is 4.76. The summed E-state index contributed by atoms with van der Waals surface area (Å²) >= 11 is 0. The lowest BCUT2D eigenvalue weighted by atomic mass is 10.0. The van der Waals surface area contributed by atoms with Crippen LogP contribution in [0.5, 0.6) is 0 Å². The molecule has 0 fully saturated rings. The maximum absolute atomic E-state index is 13.5. The minimum atomic E-state index is -1.39. The highest BCUT2D eigenvalue weighted by Gasteiger charge is 2.31. The number of para-hydroxylation sites is 1. The van der Waals surface area contributed by atoms with Crippen molar-refractivity contribution in [3.05, 3.63) is 108 Å². The Morgan fingerprint density at radius 3 is 1.84 bits per heavy atom. The number of aromatic nitrogens is 1. The topological polar surface area (TPSA) is 187 Å². The van der Waals surface area contributed by atoms with Gasteiger partial charge in [0.05, 0.1) is 12.6 Å². The van der Waals surface area contributed by atoms with Crippen LogP contribution in [0.15, 0.2) is 91.1 Å². The van der Waals surface area contributed by atoms with Crippen molar-refractivity contribution in [2.45, 2.75) is 43.4 Å². The highest BCUT2D eigenvalue weighted by atomic mass is 16.4. The van der Waals surface area contributed by atoms with E-state index >= 15 is 0 Å². The van der Waals surface area contributed by atoms with E-state index in [1.807, 2.05) is 54.6 Å². The molecule has 4 rings (SSSR count). The van der Waals surface area contributed by atoms with Gasteiger partial charge in [0.2, 0.25) is 17.7 Å². The van der Waals surface area contributed by atoms with E-state index in [4.69, 9.17) is 5.73 Å². The predicted molar refractivity (Wildman–Crippen MR) is 161 cm³/mol. The minimum Gasteiger partial charge on any atom is -0.480 e. The lowest BCUT2D eigenvalue weighted by Crippen LogP contribution is -2.58. The monoisotopic (exact) mass is 585 g/mol. The first-order chi connectivity index (χ1) is 20.7. The first-order valence-corrected chi connectivity index (χ1v) is 13.9. The lowest BCUT2D eigenvalue weighted by Gasteiger charge is -2.24. The Morgan fingerprint density at radius 1 is 0.674 bits per heavy atom. The molecular weight excluding hydrogens is 550 g/mol. The van der Waals surface area contributed by atoms with Crippen molar-refractivity contribution in [1.82, 2.24) is 20.9 Å². The van der Waals surface area contributed by atoms with Gasteiger partial charge >= 0.3 is 5.97 Å². The number of aliphatic hydroxyl groups is 1. The van der Waals surface area contributed by atoms with E-state index in [1.54, 1.807) is 36.5 Å². The number of carbonyl (C=O) groups is 4. The van der Waals surface area contributed by atoms with Gasteiger partial charge in [-0.15, -0.1) is 0 Å². The van der Waals surface area contributed by atoms with Crippen molar-refractivity contribution in [3.8, 4) is 0 Å². The first kappa shape index (κ1) is 30.9. The number of aromatic amines is 1. The molecule has 4 unspecified atom stereocenters. The Balaban J connectivity index is 1.46. The van der Waals surface area contributed by atoms with Crippen molar-refractivity contribution in [2.75, 3.05) is 6.61 Å². The smallest absolute Gasteiger partial charge is 0.326 e. The SMILES string of the molecule is NC(Cc1ccccc1)C(=O)NC(CO)C(=O)NC(Cc1ccccc1)C(=O)NC(Cc1c[nH]c2ccccc12)C(=O)O. The van der Waals surface area contributed by atoms with E-state index < -0.39 is 54.5 Å². The number of rotatable bonds is 14. The molecule has 0 saturated carbocycles. The Bertz CT molecular complexity index is 1540. The second-order valence-corrected chi connectivity index (χ2v) is 10.3. The third-order valence-corrected chi connectivity index (χ3v) is 7.08. The maximum atomic E-state index is 13.5. The summed E-state index contributed by atoms with van der Waals surface area (Å²) in [5, 5.41) is 28.2. The molecular formula is C32H35N5O6. The van der Waals surface area contributed by atoms with Crippen LogP contribution in [0.2, 0.25) is 0 Å². The number of amides is 3. The highest BCUT2D eigenvalue weighted by molar-refractivity contribution is 5.94. The van der Waals surface area contributed by atoms with Gasteiger partial charge < -0.3 is 36.9 Å². The Labute approximate surface area is 248 Å². The number of nitrogens with one attached hydrogen (secondary N) is 4. The van der Waals surface area contributed by atoms with Crippen LogP contribution in [0.4, 0.5) is 0 Å². The van der Waals surface area contributed by atoms with Crippen LogP contribution in [0, 0.1) is 0 Å². The van der Waals surface area contributed by atoms with Crippen molar-refractivity contribution < 1.29 is 29.4 Å². The summed E-state index contributed by atoms with van der Waals surface area (Å²) in [6, 6.07) is 20.5. The molecule has 43 heavy (non-hydrogen) atoms. The number of H-pyrrole nitrogens is 1. The number of benzene rings is 3. The molecule has 3 aromatic carbocycles. The summed E-state index contributed by atoms with van der Waals surface area (Å²) in [6.45, 7) is -0.742. The Kier molecular flexibility index (Phi) is 10.6. The molecule has 0 spiro atoms. The standard InChI is InChI=1S/C32H35N5O6/c33-24(15-20-9-3-1-4-10-20)29(39)37-28(19-38)31(41)35-26(16-21-11-5-2-6-12-21)30(40)36-27(32(42)43)17-22-18-34-25-14-8-7-13-23(22)25/h1-14,18,24,26-28,34,38H,15-17,19,33H2,(H,35,41)(H,36,40)(H,37,39)(H,42,43). The molecule has 11 heteroatoms. The number of carboxylic acids is 1. The van der Waals surface area contributed by atoms with Gasteiger partial charge in [0.15, 0.2) is 0 Å². The number of nitrogens with two attached hydrogens (primary N) is 1. The van der Waals surface area contributed by atoms with Gasteiger partial charge in [0.25, 0.3) is 0 Å². The maximum Gasteiger partial charge on any atom is 0.326 e. The summed E-state index contributed by atoms with van der Waals surface area (Å²) < 4.78 is 0. The molecule has 0 aliphatic heterocycles. The van der Waals surface area contributed by atoms with Gasteiger partial charge in [0, 0.05) is 29.9 Å². The molecule has 0 aliphatic carbocycles. The van der Waals surface area contributed by atoms with Crippen LogP contribution in [-0.2, 0) is 38.4 Å². The summed E-state index contributed by atoms with van der Waals surface area (Å²) in [7, 11) is 0. The van der Waals surface area contributed by atoms with Crippen LogP contribution >= 0.6 is 0 Å². The molecule has 4 aromatic rings. The van der Waals surface area contributed by atoms with Gasteiger partial charge in [-0.1, -0.05) is 78.9 Å². The molecule has 11 nitrogen and oxygen atoms in total. The number of carboxylic acid groups (broad SMARTS) is 1. The Hall–Kier alpha value is -5.00. The number of hydrogen-bond acceptors (Lipinski definition) is 6. The highest BCUT2D eigenvalue weighted by Crippen LogP contribution is 2.19. The molecule has 1 aromatic heterocycles. The van der Waals surface area contributed by atoms with Crippen molar-refractivity contribution in [1.29, 1.82) is 0 Å². The Morgan fingerprint density at radius 2 is 1.21 bits per heavy atom. The zero-order chi connectivity index (χ0) is 30.8. The van der Waals surface area contributed by atoms with E-state index in [0.717, 1.165) is 16.5 Å². The van der Waals surface area contributed by atoms with E-state index in [2.05, 4.69) is 20.9 Å². The predicted octanol–water partition coefficient (Wildman–Crippen LogP) is 1.05. The quantitative estimate of drug-likeness (QED) is 0.115. The van der Waals surface area contributed by atoms with Crippen molar-refractivity contribution in [3.63, 3.8) is 0 Å². The van der Waals surface area contributed by atoms with Crippen molar-refractivity contribution in [2.24, 2.45) is 5.73 Å². The van der Waals surface area contributed by atoms with Gasteiger partial charge in [0.1, 0.15) is 18.1 Å². The van der Waals surface area contributed by atoms with Gasteiger partial charge in [-0.2, -0.15) is 0 Å². The third-order valence-electron chi connectivity index (χ3n) is 7.08. The van der Waals surface area contributed by atoms with E-state index in [9.17, 15) is 29.4 Å². The van der Waals surface area contributed by atoms with E-state index in [1.165, 1.54) is 0 Å². The summed E-state index contributed by atoms with van der Waals surface area (Å²) in [5.41, 5.74) is 9.11. The normalized spacial score (nSPS) is 13.8.